The van der Waals surface area contributed by atoms with E-state index in [9.17, 15) is 9.59 Å². The van der Waals surface area contributed by atoms with Crippen molar-refractivity contribution >= 4 is 22.0 Å². The van der Waals surface area contributed by atoms with E-state index in [0.717, 1.165) is 0 Å². The fourth-order valence-electron chi connectivity index (χ4n) is 0.988. The summed E-state index contributed by atoms with van der Waals surface area (Å²) < 4.78 is 1.37. The van der Waals surface area contributed by atoms with Crippen molar-refractivity contribution in [3.8, 4) is 0 Å². The maximum absolute atomic E-state index is 11.2. The number of halogens is 1. The molecule has 1 aromatic heterocycles. The molecular weight excluding hydrogens is 248 g/mol. The Morgan fingerprint density at radius 2 is 2.29 bits per heavy atom. The Balaban J connectivity index is 3.34. The lowest BCUT2D eigenvalue weighted by Gasteiger charge is -2.01. The Bertz CT molecular complexity index is 470. The smallest absolute Gasteiger partial charge is 0.296 e. The van der Waals surface area contributed by atoms with Crippen LogP contribution < -0.4 is 11.2 Å². The normalized spacial score (nSPS) is 10.6. The van der Waals surface area contributed by atoms with E-state index in [-0.39, 0.29) is 0 Å². The van der Waals surface area contributed by atoms with Crippen molar-refractivity contribution in [3.05, 3.63) is 50.2 Å². The Morgan fingerprint density at radius 3 is 2.86 bits per heavy atom. The number of H-pyrrole nitrogens is 1. The molecule has 14 heavy (non-hydrogen) atoms. The van der Waals surface area contributed by atoms with Crippen LogP contribution in [0.5, 0.6) is 0 Å². The largest absolute Gasteiger partial charge is 0.328 e. The average molecular weight is 257 g/mol. The van der Waals surface area contributed by atoms with Crippen molar-refractivity contribution < 1.29 is 0 Å². The summed E-state index contributed by atoms with van der Waals surface area (Å²) in [5.74, 6) is 0. The number of hydrogen-bond donors (Lipinski definition) is 1. The molecule has 0 aliphatic rings. The van der Waals surface area contributed by atoms with Crippen molar-refractivity contribution in [2.75, 3.05) is 0 Å². The molecule has 0 saturated carbocycles. The van der Waals surface area contributed by atoms with Crippen LogP contribution >= 0.6 is 15.9 Å². The zero-order valence-corrected chi connectivity index (χ0v) is 8.95. The molecule has 1 heterocycles. The topological polar surface area (TPSA) is 54.9 Å². The highest BCUT2D eigenvalue weighted by Gasteiger charge is 1.99. The van der Waals surface area contributed by atoms with E-state index < -0.39 is 11.2 Å². The summed E-state index contributed by atoms with van der Waals surface area (Å²) in [6, 6.07) is 0. The van der Waals surface area contributed by atoms with Gasteiger partial charge >= 0.3 is 5.69 Å². The molecule has 1 aromatic rings. The minimum atomic E-state index is -0.429. The van der Waals surface area contributed by atoms with Gasteiger partial charge in [0, 0.05) is 12.7 Å². The summed E-state index contributed by atoms with van der Waals surface area (Å²) in [6.45, 7) is 3.89. The number of hydrogen-bond acceptors (Lipinski definition) is 2. The van der Waals surface area contributed by atoms with Crippen molar-refractivity contribution in [2.24, 2.45) is 0 Å². The maximum atomic E-state index is 11.2. The van der Waals surface area contributed by atoms with Gasteiger partial charge < -0.3 is 0 Å². The van der Waals surface area contributed by atoms with E-state index in [0.29, 0.717) is 12.1 Å². The zero-order valence-electron chi connectivity index (χ0n) is 7.37. The second-order valence-corrected chi connectivity index (χ2v) is 3.11. The van der Waals surface area contributed by atoms with Crippen LogP contribution in [0.25, 0.3) is 6.08 Å². The van der Waals surface area contributed by atoms with Gasteiger partial charge in [-0.25, -0.2) is 4.79 Å². The van der Waals surface area contributed by atoms with Gasteiger partial charge in [-0.05, 0) is 11.1 Å². The lowest BCUT2D eigenvalue weighted by Crippen LogP contribution is -2.30. The lowest BCUT2D eigenvalue weighted by molar-refractivity contribution is 0.735. The summed E-state index contributed by atoms with van der Waals surface area (Å²) in [4.78, 5) is 26.2. The molecule has 0 radical (unpaired) electrons. The van der Waals surface area contributed by atoms with Gasteiger partial charge in [-0.1, -0.05) is 22.0 Å². The second-order valence-electron chi connectivity index (χ2n) is 2.58. The quantitative estimate of drug-likeness (QED) is 0.824. The minimum Gasteiger partial charge on any atom is -0.296 e. The molecule has 0 aromatic carbocycles. The van der Waals surface area contributed by atoms with Crippen LogP contribution in [0.1, 0.15) is 5.56 Å². The van der Waals surface area contributed by atoms with E-state index in [1.54, 1.807) is 17.1 Å². The monoisotopic (exact) mass is 256 g/mol. The molecule has 0 saturated heterocycles. The molecule has 0 unspecified atom stereocenters. The van der Waals surface area contributed by atoms with Crippen LogP contribution in [0, 0.1) is 0 Å². The lowest BCUT2D eigenvalue weighted by atomic mass is 10.3. The van der Waals surface area contributed by atoms with Crippen LogP contribution in [0.2, 0.25) is 0 Å². The predicted molar refractivity (Wildman–Crippen MR) is 59.5 cm³/mol. The average Bonchev–Trinajstić information content (AvgIpc) is 2.14. The zero-order chi connectivity index (χ0) is 10.6. The summed E-state index contributed by atoms with van der Waals surface area (Å²) in [5, 5.41) is 0. The first-order valence-electron chi connectivity index (χ1n) is 3.90. The van der Waals surface area contributed by atoms with E-state index in [2.05, 4.69) is 27.5 Å². The highest BCUT2D eigenvalue weighted by Crippen LogP contribution is 1.95. The predicted octanol–water partition coefficient (Wildman–Crippen LogP) is 1.09. The van der Waals surface area contributed by atoms with Gasteiger partial charge in [-0.15, -0.1) is 6.58 Å². The molecule has 5 heteroatoms. The Morgan fingerprint density at radius 1 is 1.57 bits per heavy atom. The first-order valence-corrected chi connectivity index (χ1v) is 4.82. The Hall–Kier alpha value is -1.36. The third-order valence-corrected chi connectivity index (χ3v) is 1.87. The summed E-state index contributed by atoms with van der Waals surface area (Å²) >= 11 is 3.06. The fraction of sp³-hybridized carbons (Fsp3) is 0.111. The summed E-state index contributed by atoms with van der Waals surface area (Å²) in [5.41, 5.74) is -0.407. The number of rotatable bonds is 3. The van der Waals surface area contributed by atoms with Gasteiger partial charge in [0.1, 0.15) is 0 Å². The molecular formula is C9H9BrN2O2. The van der Waals surface area contributed by atoms with E-state index in [1.807, 2.05) is 0 Å². The first-order chi connectivity index (χ1) is 6.69. The van der Waals surface area contributed by atoms with Gasteiger partial charge in [-0.2, -0.15) is 0 Å². The van der Waals surface area contributed by atoms with Crippen LogP contribution in [-0.4, -0.2) is 9.55 Å². The third-order valence-electron chi connectivity index (χ3n) is 1.61. The van der Waals surface area contributed by atoms with Crippen LogP contribution in [0.4, 0.5) is 0 Å². The number of nitrogens with zero attached hydrogens (tertiary/aromatic N) is 1. The number of nitrogens with one attached hydrogen (secondary N) is 1. The number of aromatic amines is 1. The molecule has 1 N–H and O–H groups in total. The highest BCUT2D eigenvalue weighted by atomic mass is 79.9. The Kier molecular flexibility index (Phi) is 3.64. The van der Waals surface area contributed by atoms with Crippen LogP contribution in [0.3, 0.4) is 0 Å². The maximum Gasteiger partial charge on any atom is 0.328 e. The van der Waals surface area contributed by atoms with Gasteiger partial charge in [0.05, 0.1) is 5.56 Å². The molecule has 0 bridgehead atoms. The van der Waals surface area contributed by atoms with Crippen LogP contribution in [-0.2, 0) is 6.54 Å². The molecule has 74 valence electrons. The van der Waals surface area contributed by atoms with E-state index in [4.69, 9.17) is 0 Å². The fourth-order valence-corrected chi connectivity index (χ4v) is 1.27. The minimum absolute atomic E-state index is 0.374. The number of aromatic nitrogens is 2. The molecule has 0 aliphatic carbocycles. The molecule has 0 amide bonds. The van der Waals surface area contributed by atoms with Gasteiger partial charge in [0.2, 0.25) is 0 Å². The summed E-state index contributed by atoms with van der Waals surface area (Å²) in [7, 11) is 0. The van der Waals surface area contributed by atoms with Crippen molar-refractivity contribution in [2.45, 2.75) is 6.54 Å². The van der Waals surface area contributed by atoms with E-state index in [1.165, 1.54) is 10.8 Å². The molecule has 0 spiro atoms. The van der Waals surface area contributed by atoms with Crippen LogP contribution in [0.15, 0.2) is 33.4 Å². The summed E-state index contributed by atoms with van der Waals surface area (Å²) in [6.07, 6.45) is 4.64. The molecule has 0 atom stereocenters. The molecule has 0 fully saturated rings. The second kappa shape index (κ2) is 4.76. The third kappa shape index (κ3) is 2.32. The molecule has 0 aliphatic heterocycles. The van der Waals surface area contributed by atoms with Crippen molar-refractivity contribution in [3.63, 3.8) is 0 Å². The first kappa shape index (κ1) is 10.7. The molecule has 4 nitrogen and oxygen atoms in total. The van der Waals surface area contributed by atoms with Gasteiger partial charge in [-0.3, -0.25) is 14.3 Å². The Labute approximate surface area is 88.7 Å². The SMILES string of the molecule is C=CCn1cc(/C=C/Br)c(=O)[nH]c1=O. The number of allylic oxidation sites excluding steroid dienone is 1. The van der Waals surface area contributed by atoms with Gasteiger partial charge in [0.15, 0.2) is 0 Å². The highest BCUT2D eigenvalue weighted by molar-refractivity contribution is 9.11. The standard InChI is InChI=1S/C9H9BrN2O2/c1-2-5-12-6-7(3-4-10)8(13)11-9(12)14/h2-4,6H,1,5H2,(H,11,13,14)/b4-3+. The van der Waals surface area contributed by atoms with Gasteiger partial charge in [0.25, 0.3) is 5.56 Å². The molecule has 1 rings (SSSR count). The van der Waals surface area contributed by atoms with Crippen molar-refractivity contribution in [1.82, 2.24) is 9.55 Å². The van der Waals surface area contributed by atoms with Crippen molar-refractivity contribution in [1.29, 1.82) is 0 Å². The van der Waals surface area contributed by atoms with E-state index >= 15 is 0 Å².